The predicted molar refractivity (Wildman–Crippen MR) is 91.1 cm³/mol. The van der Waals surface area contributed by atoms with E-state index in [1.807, 2.05) is 19.1 Å². The molecular weight excluding hydrogens is 294 g/mol. The number of anilines is 1. The maximum Gasteiger partial charge on any atom is 0.237 e. The minimum Gasteiger partial charge on any atom is -0.325 e. The zero-order valence-electron chi connectivity index (χ0n) is 13.1. The van der Waals surface area contributed by atoms with Gasteiger partial charge in [-0.15, -0.1) is 0 Å². The molecule has 0 saturated carbocycles. The smallest absolute Gasteiger partial charge is 0.237 e. The summed E-state index contributed by atoms with van der Waals surface area (Å²) in [5.41, 5.74) is 2.11. The average Bonchev–Trinajstić information content (AvgIpc) is 2.55. The van der Waals surface area contributed by atoms with Crippen molar-refractivity contribution < 1.29 is 4.79 Å². The van der Waals surface area contributed by atoms with E-state index in [1.54, 1.807) is 18.5 Å². The van der Waals surface area contributed by atoms with E-state index < -0.39 is 0 Å². The summed E-state index contributed by atoms with van der Waals surface area (Å²) in [5, 5.41) is 3.29. The highest BCUT2D eigenvalue weighted by Crippen LogP contribution is 2.22. The van der Waals surface area contributed by atoms with Crippen LogP contribution in [-0.4, -0.2) is 21.1 Å². The second-order valence-corrected chi connectivity index (χ2v) is 6.52. The molecule has 0 unspecified atom stereocenters. The van der Waals surface area contributed by atoms with Crippen molar-refractivity contribution >= 4 is 23.4 Å². The van der Waals surface area contributed by atoms with Crippen LogP contribution in [0, 0.1) is 0 Å². The summed E-state index contributed by atoms with van der Waals surface area (Å²) in [6.07, 6.45) is 4.46. The zero-order valence-corrected chi connectivity index (χ0v) is 13.9. The minimum absolute atomic E-state index is 0.0475. The highest BCUT2D eigenvalue weighted by Gasteiger charge is 2.16. The van der Waals surface area contributed by atoms with Gasteiger partial charge in [0, 0.05) is 18.1 Å². The van der Waals surface area contributed by atoms with Crippen molar-refractivity contribution in [2.75, 3.05) is 5.32 Å². The fraction of sp³-hybridized carbons (Fsp3) is 0.353. The Morgan fingerprint density at radius 1 is 1.18 bits per heavy atom. The van der Waals surface area contributed by atoms with E-state index in [4.69, 9.17) is 0 Å². The number of benzene rings is 1. The van der Waals surface area contributed by atoms with E-state index in [9.17, 15) is 4.79 Å². The fourth-order valence-corrected chi connectivity index (χ4v) is 2.66. The number of rotatable bonds is 6. The molecule has 22 heavy (non-hydrogen) atoms. The third kappa shape index (κ3) is 4.56. The molecule has 4 nitrogen and oxygen atoms in total. The van der Waals surface area contributed by atoms with Crippen LogP contribution in [0.15, 0.2) is 47.9 Å². The number of aromatic nitrogens is 2. The normalized spacial score (nSPS) is 13.4. The third-order valence-electron chi connectivity index (χ3n) is 3.55. The first-order chi connectivity index (χ1) is 10.6. The molecule has 1 amide bonds. The van der Waals surface area contributed by atoms with Gasteiger partial charge in [0.1, 0.15) is 0 Å². The first-order valence-corrected chi connectivity index (χ1v) is 8.32. The van der Waals surface area contributed by atoms with Crippen LogP contribution in [0.4, 0.5) is 5.69 Å². The molecular formula is C17H21N3OS. The van der Waals surface area contributed by atoms with Crippen molar-refractivity contribution in [3.05, 3.63) is 48.3 Å². The van der Waals surface area contributed by atoms with Gasteiger partial charge in [-0.3, -0.25) is 4.79 Å². The number of carbonyl (C=O) groups excluding carboxylic acids is 1. The molecule has 0 aliphatic heterocycles. The molecule has 116 valence electrons. The summed E-state index contributed by atoms with van der Waals surface area (Å²) >= 11 is 1.35. The van der Waals surface area contributed by atoms with Crippen molar-refractivity contribution in [1.82, 2.24) is 9.97 Å². The molecule has 1 aromatic carbocycles. The Balaban J connectivity index is 1.93. The van der Waals surface area contributed by atoms with Crippen LogP contribution in [-0.2, 0) is 4.79 Å². The number of hydrogen-bond acceptors (Lipinski definition) is 4. The molecule has 0 aliphatic rings. The number of nitrogens with one attached hydrogen (secondary N) is 1. The standard InChI is InChI=1S/C17H21N3OS/c1-4-12(2)14-6-8-15(9-7-14)20-16(21)13(3)22-17-18-10-5-11-19-17/h5-13H,4H2,1-3H3,(H,20,21)/t12-,13-/m1/s1. The molecule has 1 N–H and O–H groups in total. The molecule has 0 spiro atoms. The molecule has 5 heteroatoms. The lowest BCUT2D eigenvalue weighted by atomic mass is 9.99. The molecule has 2 rings (SSSR count). The third-order valence-corrected chi connectivity index (χ3v) is 4.54. The Kier molecular flexibility index (Phi) is 5.95. The van der Waals surface area contributed by atoms with Gasteiger partial charge in [-0.05, 0) is 43.0 Å². The van der Waals surface area contributed by atoms with E-state index >= 15 is 0 Å². The first-order valence-electron chi connectivity index (χ1n) is 7.44. The van der Waals surface area contributed by atoms with E-state index in [-0.39, 0.29) is 11.2 Å². The summed E-state index contributed by atoms with van der Waals surface area (Å²) in [6, 6.07) is 9.81. The minimum atomic E-state index is -0.253. The number of carbonyl (C=O) groups is 1. The van der Waals surface area contributed by atoms with Gasteiger partial charge in [-0.2, -0.15) is 0 Å². The Hall–Kier alpha value is -1.88. The Morgan fingerprint density at radius 2 is 1.82 bits per heavy atom. The first kappa shape index (κ1) is 16.5. The highest BCUT2D eigenvalue weighted by atomic mass is 32.2. The van der Waals surface area contributed by atoms with E-state index in [2.05, 4.69) is 41.3 Å². The maximum absolute atomic E-state index is 12.2. The van der Waals surface area contributed by atoms with E-state index in [0.29, 0.717) is 11.1 Å². The van der Waals surface area contributed by atoms with E-state index in [1.165, 1.54) is 17.3 Å². The quantitative estimate of drug-likeness (QED) is 0.644. The molecule has 0 aliphatic carbocycles. The molecule has 1 heterocycles. The number of thioether (sulfide) groups is 1. The molecule has 0 bridgehead atoms. The topological polar surface area (TPSA) is 54.9 Å². The fourth-order valence-electron chi connectivity index (χ4n) is 1.93. The lowest BCUT2D eigenvalue weighted by Crippen LogP contribution is -2.22. The molecule has 2 atom stereocenters. The summed E-state index contributed by atoms with van der Waals surface area (Å²) in [7, 11) is 0. The van der Waals surface area contributed by atoms with Crippen LogP contribution in [0.25, 0.3) is 0 Å². The maximum atomic E-state index is 12.2. The lowest BCUT2D eigenvalue weighted by Gasteiger charge is -2.13. The van der Waals surface area contributed by atoms with Crippen LogP contribution in [0.1, 0.15) is 38.7 Å². The van der Waals surface area contributed by atoms with Crippen LogP contribution < -0.4 is 5.32 Å². The van der Waals surface area contributed by atoms with Gasteiger partial charge in [-0.25, -0.2) is 9.97 Å². The van der Waals surface area contributed by atoms with Crippen molar-refractivity contribution in [2.45, 2.75) is 43.5 Å². The van der Waals surface area contributed by atoms with Gasteiger partial charge in [-0.1, -0.05) is 37.7 Å². The Labute approximate surface area is 135 Å². The lowest BCUT2D eigenvalue weighted by molar-refractivity contribution is -0.115. The molecule has 1 aromatic heterocycles. The largest absolute Gasteiger partial charge is 0.325 e. The van der Waals surface area contributed by atoms with Gasteiger partial charge in [0.25, 0.3) is 0 Å². The highest BCUT2D eigenvalue weighted by molar-refractivity contribution is 8.00. The molecule has 0 fully saturated rings. The van der Waals surface area contributed by atoms with Crippen LogP contribution in [0.3, 0.4) is 0 Å². The number of amides is 1. The summed E-state index contributed by atoms with van der Waals surface area (Å²) in [4.78, 5) is 20.4. The Bertz CT molecular complexity index is 601. The summed E-state index contributed by atoms with van der Waals surface area (Å²) < 4.78 is 0. The molecule has 0 radical (unpaired) electrons. The second kappa shape index (κ2) is 7.94. The van der Waals surface area contributed by atoms with E-state index in [0.717, 1.165) is 12.1 Å². The van der Waals surface area contributed by atoms with Gasteiger partial charge < -0.3 is 5.32 Å². The summed E-state index contributed by atoms with van der Waals surface area (Å²) in [6.45, 7) is 6.22. The van der Waals surface area contributed by atoms with Gasteiger partial charge in [0.2, 0.25) is 5.91 Å². The van der Waals surface area contributed by atoms with Crippen LogP contribution in [0.2, 0.25) is 0 Å². The van der Waals surface area contributed by atoms with Crippen molar-refractivity contribution in [2.24, 2.45) is 0 Å². The van der Waals surface area contributed by atoms with Gasteiger partial charge >= 0.3 is 0 Å². The second-order valence-electron chi connectivity index (χ2n) is 5.21. The van der Waals surface area contributed by atoms with Crippen molar-refractivity contribution in [3.8, 4) is 0 Å². The molecule has 0 saturated heterocycles. The van der Waals surface area contributed by atoms with Crippen molar-refractivity contribution in [3.63, 3.8) is 0 Å². The average molecular weight is 315 g/mol. The summed E-state index contributed by atoms with van der Waals surface area (Å²) in [5.74, 6) is 0.489. The zero-order chi connectivity index (χ0) is 15.9. The van der Waals surface area contributed by atoms with Crippen molar-refractivity contribution in [1.29, 1.82) is 0 Å². The van der Waals surface area contributed by atoms with Crippen LogP contribution in [0.5, 0.6) is 0 Å². The number of nitrogens with zero attached hydrogens (tertiary/aromatic N) is 2. The molecule has 2 aromatic rings. The monoisotopic (exact) mass is 315 g/mol. The number of hydrogen-bond donors (Lipinski definition) is 1. The predicted octanol–water partition coefficient (Wildman–Crippen LogP) is 4.11. The van der Waals surface area contributed by atoms with Gasteiger partial charge in [0.05, 0.1) is 5.25 Å². The van der Waals surface area contributed by atoms with Crippen LogP contribution >= 0.6 is 11.8 Å². The SMILES string of the molecule is CC[C@@H](C)c1ccc(NC(=O)[C@@H](C)Sc2ncccn2)cc1. The van der Waals surface area contributed by atoms with Gasteiger partial charge in [0.15, 0.2) is 5.16 Å². The Morgan fingerprint density at radius 3 is 2.41 bits per heavy atom.